The molecule has 0 radical (unpaired) electrons. The van der Waals surface area contributed by atoms with Gasteiger partial charge in [0, 0.05) is 17.7 Å². The van der Waals surface area contributed by atoms with Gasteiger partial charge < -0.3 is 30.9 Å². The highest BCUT2D eigenvalue weighted by atomic mass is 16.4. The average molecular weight is 442 g/mol. The van der Waals surface area contributed by atoms with Crippen LogP contribution in [0.15, 0.2) is 41.6 Å². The molecule has 0 saturated carbocycles. The molecule has 1 amide bonds. The molecule has 0 aliphatic rings. The van der Waals surface area contributed by atoms with E-state index < -0.39 is 42.0 Å². The van der Waals surface area contributed by atoms with E-state index in [9.17, 15) is 24.3 Å². The number of carbonyl (C=O) groups excluding carboxylic acids is 1. The van der Waals surface area contributed by atoms with Gasteiger partial charge in [-0.25, -0.2) is 24.5 Å². The molecule has 6 N–H and O–H groups in total. The number of aromatic amines is 1. The van der Waals surface area contributed by atoms with Crippen molar-refractivity contribution in [1.29, 1.82) is 0 Å². The van der Waals surface area contributed by atoms with E-state index in [1.165, 1.54) is 24.7 Å². The molecule has 2 aromatic heterocycles. The average Bonchev–Trinajstić information content (AvgIpc) is 2.77. The first-order valence-electron chi connectivity index (χ1n) is 9.22. The molecular weight excluding hydrogens is 424 g/mol. The molecule has 3 rings (SSSR count). The van der Waals surface area contributed by atoms with Crippen LogP contribution in [-0.2, 0) is 16.1 Å². The van der Waals surface area contributed by atoms with Crippen LogP contribution in [-0.4, -0.2) is 65.2 Å². The number of aromatic nitrogens is 4. The SMILES string of the molecule is O=C(N[C@@H](CC(O)C(=O)O)C(=O)O)c1ccc(NCc2cnc3nc[nH]c(=O)c3n2)cc1. The highest BCUT2D eigenvalue weighted by Crippen LogP contribution is 2.12. The molecule has 32 heavy (non-hydrogen) atoms. The Morgan fingerprint density at radius 3 is 2.44 bits per heavy atom. The molecule has 0 aliphatic heterocycles. The van der Waals surface area contributed by atoms with E-state index in [-0.39, 0.29) is 23.3 Å². The van der Waals surface area contributed by atoms with Crippen LogP contribution in [0.2, 0.25) is 0 Å². The van der Waals surface area contributed by atoms with E-state index in [0.717, 1.165) is 0 Å². The quantitative estimate of drug-likeness (QED) is 0.245. The van der Waals surface area contributed by atoms with Crippen LogP contribution < -0.4 is 16.2 Å². The molecule has 0 fully saturated rings. The number of aliphatic carboxylic acids is 2. The fourth-order valence-electron chi connectivity index (χ4n) is 2.69. The molecule has 13 nitrogen and oxygen atoms in total. The standard InChI is InChI=1S/C19H18N6O7/c26-13(19(31)32)5-12(18(29)30)25-16(27)9-1-3-10(4-2-9)20-6-11-7-21-15-14(24-11)17(28)23-8-22-15/h1-4,7-8,12-13,20,26H,5-6H2,(H,25,27)(H,29,30)(H,31,32)(H,21,22,23,28)/t12-,13?/m0/s1. The summed E-state index contributed by atoms with van der Waals surface area (Å²) in [5.41, 5.74) is 1.16. The molecule has 3 aromatic rings. The van der Waals surface area contributed by atoms with Crippen LogP contribution >= 0.6 is 0 Å². The molecule has 0 spiro atoms. The maximum absolute atomic E-state index is 12.3. The van der Waals surface area contributed by atoms with Crippen molar-refractivity contribution in [1.82, 2.24) is 25.3 Å². The Bertz CT molecular complexity index is 1210. The lowest BCUT2D eigenvalue weighted by Gasteiger charge is -2.16. The first-order valence-corrected chi connectivity index (χ1v) is 9.22. The number of benzene rings is 1. The predicted molar refractivity (Wildman–Crippen MR) is 109 cm³/mol. The fraction of sp³-hybridized carbons (Fsp3) is 0.211. The number of carboxylic acid groups (broad SMARTS) is 2. The van der Waals surface area contributed by atoms with Gasteiger partial charge in [-0.15, -0.1) is 0 Å². The van der Waals surface area contributed by atoms with Gasteiger partial charge in [0.1, 0.15) is 6.04 Å². The number of aliphatic hydroxyl groups excluding tert-OH is 1. The van der Waals surface area contributed by atoms with E-state index in [2.05, 4.69) is 30.6 Å². The number of anilines is 1. The number of amides is 1. The summed E-state index contributed by atoms with van der Waals surface area (Å²) >= 11 is 0. The van der Waals surface area contributed by atoms with Crippen molar-refractivity contribution in [3.05, 3.63) is 58.4 Å². The Morgan fingerprint density at radius 2 is 1.78 bits per heavy atom. The first kappa shape index (κ1) is 22.3. The summed E-state index contributed by atoms with van der Waals surface area (Å²) in [5.74, 6) is -3.80. The number of hydrogen-bond donors (Lipinski definition) is 6. The second-order valence-corrected chi connectivity index (χ2v) is 6.65. The Balaban J connectivity index is 1.62. The van der Waals surface area contributed by atoms with Crippen LogP contribution in [0.5, 0.6) is 0 Å². The maximum atomic E-state index is 12.3. The molecule has 1 aromatic carbocycles. The van der Waals surface area contributed by atoms with Gasteiger partial charge in [0.15, 0.2) is 17.3 Å². The van der Waals surface area contributed by atoms with E-state index in [1.54, 1.807) is 12.1 Å². The van der Waals surface area contributed by atoms with Crippen molar-refractivity contribution in [3.63, 3.8) is 0 Å². The lowest BCUT2D eigenvalue weighted by atomic mass is 10.1. The largest absolute Gasteiger partial charge is 0.480 e. The molecule has 0 aliphatic carbocycles. The van der Waals surface area contributed by atoms with Gasteiger partial charge in [-0.3, -0.25) is 9.59 Å². The number of aliphatic hydroxyl groups is 1. The molecule has 0 saturated heterocycles. The van der Waals surface area contributed by atoms with Gasteiger partial charge >= 0.3 is 11.9 Å². The summed E-state index contributed by atoms with van der Waals surface area (Å²) in [5, 5.41) is 32.4. The number of nitrogens with zero attached hydrogens (tertiary/aromatic N) is 3. The first-order chi connectivity index (χ1) is 15.2. The van der Waals surface area contributed by atoms with Gasteiger partial charge in [0.25, 0.3) is 11.5 Å². The van der Waals surface area contributed by atoms with Gasteiger partial charge in [0.05, 0.1) is 24.8 Å². The van der Waals surface area contributed by atoms with Crippen LogP contribution in [0.25, 0.3) is 11.2 Å². The highest BCUT2D eigenvalue weighted by Gasteiger charge is 2.27. The van der Waals surface area contributed by atoms with E-state index in [1.807, 2.05) is 0 Å². The van der Waals surface area contributed by atoms with Crippen LogP contribution in [0.1, 0.15) is 22.5 Å². The van der Waals surface area contributed by atoms with Crippen molar-refractivity contribution in [3.8, 4) is 0 Å². The zero-order valence-electron chi connectivity index (χ0n) is 16.3. The minimum Gasteiger partial charge on any atom is -0.480 e. The Hall–Kier alpha value is -4.39. The van der Waals surface area contributed by atoms with E-state index in [0.29, 0.717) is 11.4 Å². The topological polar surface area (TPSA) is 207 Å². The zero-order chi connectivity index (χ0) is 23.3. The van der Waals surface area contributed by atoms with Gasteiger partial charge in [-0.05, 0) is 24.3 Å². The van der Waals surface area contributed by atoms with Crippen molar-refractivity contribution in [2.75, 3.05) is 5.32 Å². The summed E-state index contributed by atoms with van der Waals surface area (Å²) < 4.78 is 0. The third-order valence-electron chi connectivity index (χ3n) is 4.37. The van der Waals surface area contributed by atoms with Crippen molar-refractivity contribution < 1.29 is 29.7 Å². The molecule has 2 heterocycles. The Labute approximate surface area is 179 Å². The van der Waals surface area contributed by atoms with E-state index in [4.69, 9.17) is 10.2 Å². The monoisotopic (exact) mass is 442 g/mol. The molecule has 166 valence electrons. The molecule has 0 bridgehead atoms. The summed E-state index contributed by atoms with van der Waals surface area (Å²) in [6.07, 6.45) is 0.108. The summed E-state index contributed by atoms with van der Waals surface area (Å²) in [6.45, 7) is 0.233. The van der Waals surface area contributed by atoms with Crippen LogP contribution in [0.4, 0.5) is 5.69 Å². The summed E-state index contributed by atoms with van der Waals surface area (Å²) in [7, 11) is 0. The van der Waals surface area contributed by atoms with Gasteiger partial charge in [-0.2, -0.15) is 0 Å². The second kappa shape index (κ2) is 9.61. The second-order valence-electron chi connectivity index (χ2n) is 6.65. The minimum absolute atomic E-state index is 0.111. The fourth-order valence-corrected chi connectivity index (χ4v) is 2.69. The molecule has 1 unspecified atom stereocenters. The number of nitrogens with one attached hydrogen (secondary N) is 3. The molecule has 2 atom stereocenters. The van der Waals surface area contributed by atoms with Crippen LogP contribution in [0.3, 0.4) is 0 Å². The smallest absolute Gasteiger partial charge is 0.332 e. The minimum atomic E-state index is -1.92. The summed E-state index contributed by atoms with van der Waals surface area (Å²) in [6, 6.07) is 4.44. The van der Waals surface area contributed by atoms with Crippen molar-refractivity contribution in [2.45, 2.75) is 25.1 Å². The number of fused-ring (bicyclic) bond motifs is 1. The lowest BCUT2D eigenvalue weighted by Crippen LogP contribution is -2.44. The number of rotatable bonds is 9. The number of carbonyl (C=O) groups is 3. The normalized spacial score (nSPS) is 12.7. The van der Waals surface area contributed by atoms with Gasteiger partial charge in [-0.1, -0.05) is 0 Å². The van der Waals surface area contributed by atoms with E-state index >= 15 is 0 Å². The lowest BCUT2D eigenvalue weighted by molar-refractivity contribution is -0.148. The Morgan fingerprint density at radius 1 is 1.06 bits per heavy atom. The third kappa shape index (κ3) is 5.40. The number of carboxylic acids is 2. The molecule has 13 heteroatoms. The Kier molecular flexibility index (Phi) is 6.70. The van der Waals surface area contributed by atoms with Crippen molar-refractivity contribution >= 4 is 34.7 Å². The molecular formula is C19H18N6O7. The summed E-state index contributed by atoms with van der Waals surface area (Å²) in [4.78, 5) is 60.6. The predicted octanol–water partition coefficient (Wildman–Crippen LogP) is -0.656. The number of hydrogen-bond acceptors (Lipinski definition) is 9. The highest BCUT2D eigenvalue weighted by molar-refractivity contribution is 5.97. The maximum Gasteiger partial charge on any atom is 0.332 e. The third-order valence-corrected chi connectivity index (χ3v) is 4.37. The van der Waals surface area contributed by atoms with Crippen molar-refractivity contribution in [2.24, 2.45) is 0 Å². The number of H-pyrrole nitrogens is 1. The van der Waals surface area contributed by atoms with Gasteiger partial charge in [0.2, 0.25) is 0 Å². The zero-order valence-corrected chi connectivity index (χ0v) is 16.3. The van der Waals surface area contributed by atoms with Crippen LogP contribution in [0, 0.1) is 0 Å².